The lowest BCUT2D eigenvalue weighted by atomic mass is 10.3. The molecule has 0 saturated carbocycles. The van der Waals surface area contributed by atoms with Gasteiger partial charge in [-0.2, -0.15) is 4.31 Å². The lowest BCUT2D eigenvalue weighted by molar-refractivity contribution is -0.116. The Morgan fingerprint density at radius 2 is 1.88 bits per heavy atom. The molecule has 128 valence electrons. The molecule has 0 heterocycles. The molecule has 0 aliphatic heterocycles. The zero-order valence-electron chi connectivity index (χ0n) is 13.2. The summed E-state index contributed by atoms with van der Waals surface area (Å²) in [7, 11) is -2.32. The van der Waals surface area contributed by atoms with E-state index in [9.17, 15) is 13.2 Å². The fraction of sp³-hybridized carbons (Fsp3) is 0.188. The van der Waals surface area contributed by atoms with Crippen LogP contribution in [0, 0.1) is 0 Å². The number of benzene rings is 2. The first-order valence-electron chi connectivity index (χ1n) is 6.99. The van der Waals surface area contributed by atoms with Gasteiger partial charge in [0.1, 0.15) is 0 Å². The molecule has 0 aliphatic carbocycles. The van der Waals surface area contributed by atoms with Gasteiger partial charge in [-0.05, 0) is 48.7 Å². The van der Waals surface area contributed by atoms with Crippen LogP contribution in [0.3, 0.4) is 0 Å². The highest BCUT2D eigenvalue weighted by molar-refractivity contribution is 9.10. The van der Waals surface area contributed by atoms with Crippen LogP contribution in [0.15, 0.2) is 62.8 Å². The van der Waals surface area contributed by atoms with E-state index in [-0.39, 0.29) is 11.4 Å². The van der Waals surface area contributed by atoms with E-state index in [2.05, 4.69) is 21.2 Å². The second-order valence-corrected chi connectivity index (χ2v) is 8.84. The van der Waals surface area contributed by atoms with E-state index in [4.69, 9.17) is 0 Å². The lowest BCUT2D eigenvalue weighted by Gasteiger charge is -2.17. The summed E-state index contributed by atoms with van der Waals surface area (Å²) in [6.07, 6.45) is 1.94. The number of hydrogen-bond acceptors (Lipinski definition) is 4. The zero-order valence-corrected chi connectivity index (χ0v) is 16.4. The summed E-state index contributed by atoms with van der Waals surface area (Å²) in [5.74, 6) is -0.392. The van der Waals surface area contributed by atoms with Crippen molar-refractivity contribution in [2.45, 2.75) is 9.79 Å². The molecule has 0 aromatic heterocycles. The van der Waals surface area contributed by atoms with Crippen LogP contribution in [-0.4, -0.2) is 38.5 Å². The third kappa shape index (κ3) is 4.83. The Morgan fingerprint density at radius 1 is 1.21 bits per heavy atom. The van der Waals surface area contributed by atoms with Crippen molar-refractivity contribution in [2.24, 2.45) is 0 Å². The van der Waals surface area contributed by atoms with Crippen LogP contribution in [-0.2, 0) is 14.8 Å². The van der Waals surface area contributed by atoms with Gasteiger partial charge < -0.3 is 5.32 Å². The minimum Gasteiger partial charge on any atom is -0.325 e. The second-order valence-electron chi connectivity index (χ2n) is 5.00. The van der Waals surface area contributed by atoms with Crippen molar-refractivity contribution < 1.29 is 13.2 Å². The summed E-state index contributed by atoms with van der Waals surface area (Å²) in [4.78, 5) is 13.3. The predicted octanol–water partition coefficient (Wildman–Crippen LogP) is 3.43. The molecule has 0 spiro atoms. The number of nitrogens with zero attached hydrogens (tertiary/aromatic N) is 1. The van der Waals surface area contributed by atoms with Crippen molar-refractivity contribution in [1.82, 2.24) is 4.31 Å². The summed E-state index contributed by atoms with van der Waals surface area (Å²) in [5, 5.41) is 2.71. The molecular weight excluding hydrogens is 412 g/mol. The summed E-state index contributed by atoms with van der Waals surface area (Å²) in [6.45, 7) is -0.262. The molecule has 0 radical (unpaired) electrons. The highest BCUT2D eigenvalue weighted by Crippen LogP contribution is 2.20. The first-order valence-corrected chi connectivity index (χ1v) is 10.4. The molecule has 1 N–H and O–H groups in total. The van der Waals surface area contributed by atoms with Gasteiger partial charge in [-0.15, -0.1) is 11.8 Å². The molecule has 8 heteroatoms. The van der Waals surface area contributed by atoms with Gasteiger partial charge in [-0.1, -0.05) is 22.0 Å². The van der Waals surface area contributed by atoms with Crippen molar-refractivity contribution in [3.05, 3.63) is 53.0 Å². The van der Waals surface area contributed by atoms with Gasteiger partial charge in [-0.3, -0.25) is 4.79 Å². The molecule has 24 heavy (non-hydrogen) atoms. The average Bonchev–Trinajstić information content (AvgIpc) is 2.55. The van der Waals surface area contributed by atoms with Crippen LogP contribution in [0.1, 0.15) is 0 Å². The van der Waals surface area contributed by atoms with E-state index >= 15 is 0 Å². The largest absolute Gasteiger partial charge is 0.325 e. The van der Waals surface area contributed by atoms with Crippen molar-refractivity contribution in [2.75, 3.05) is 25.2 Å². The number of halogens is 1. The quantitative estimate of drug-likeness (QED) is 0.715. The molecule has 2 aromatic carbocycles. The van der Waals surface area contributed by atoms with Crippen molar-refractivity contribution in [1.29, 1.82) is 0 Å². The molecule has 2 aromatic rings. The van der Waals surface area contributed by atoms with Crippen molar-refractivity contribution in [3.8, 4) is 0 Å². The Morgan fingerprint density at radius 3 is 2.50 bits per heavy atom. The number of carbonyl (C=O) groups is 1. The minimum atomic E-state index is -3.71. The second kappa shape index (κ2) is 8.15. The van der Waals surface area contributed by atoms with Crippen molar-refractivity contribution >= 4 is 49.3 Å². The Kier molecular flexibility index (Phi) is 6.45. The Labute approximate surface area is 154 Å². The Balaban J connectivity index is 2.06. The maximum Gasteiger partial charge on any atom is 0.243 e. The lowest BCUT2D eigenvalue weighted by Crippen LogP contribution is -2.34. The molecule has 0 saturated heterocycles. The van der Waals surface area contributed by atoms with Gasteiger partial charge >= 0.3 is 0 Å². The van der Waals surface area contributed by atoms with Crippen LogP contribution >= 0.6 is 27.7 Å². The van der Waals surface area contributed by atoms with E-state index < -0.39 is 15.9 Å². The van der Waals surface area contributed by atoms with E-state index in [1.807, 2.05) is 24.5 Å². The van der Waals surface area contributed by atoms with Crippen LogP contribution in [0.25, 0.3) is 0 Å². The van der Waals surface area contributed by atoms with Crippen LogP contribution in [0.4, 0.5) is 5.69 Å². The number of rotatable bonds is 6. The van der Waals surface area contributed by atoms with E-state index in [1.54, 1.807) is 30.0 Å². The van der Waals surface area contributed by atoms with Crippen LogP contribution in [0.5, 0.6) is 0 Å². The van der Waals surface area contributed by atoms with Gasteiger partial charge in [-0.25, -0.2) is 8.42 Å². The fourth-order valence-corrected chi connectivity index (χ4v) is 3.83. The molecule has 0 bridgehead atoms. The number of anilines is 1. The number of sulfonamides is 1. The average molecular weight is 429 g/mol. The molecule has 0 aliphatic rings. The SMILES string of the molecule is CSc1cccc(NC(=O)CN(C)S(=O)(=O)c2ccc(Br)cc2)c1. The highest BCUT2D eigenvalue weighted by Gasteiger charge is 2.22. The van der Waals surface area contributed by atoms with Gasteiger partial charge in [0.25, 0.3) is 0 Å². The molecule has 1 amide bonds. The standard InChI is InChI=1S/C16H17BrN2O3S2/c1-19(24(21,22)15-8-6-12(17)7-9-15)11-16(20)18-13-4-3-5-14(10-13)23-2/h3-10H,11H2,1-2H3,(H,18,20). The summed E-state index contributed by atoms with van der Waals surface area (Å²) >= 11 is 4.83. The fourth-order valence-electron chi connectivity index (χ4n) is 1.98. The molecule has 0 unspecified atom stereocenters. The van der Waals surface area contributed by atoms with Crippen LogP contribution in [0.2, 0.25) is 0 Å². The number of thioether (sulfide) groups is 1. The molecule has 2 rings (SSSR count). The minimum absolute atomic E-state index is 0.144. The molecule has 0 atom stereocenters. The molecule has 0 fully saturated rings. The predicted molar refractivity (Wildman–Crippen MR) is 101 cm³/mol. The Hall–Kier alpha value is -1.35. The summed E-state index contributed by atoms with van der Waals surface area (Å²) in [6, 6.07) is 13.7. The number of hydrogen-bond donors (Lipinski definition) is 1. The normalized spacial score (nSPS) is 11.5. The molecule has 5 nitrogen and oxygen atoms in total. The zero-order chi connectivity index (χ0) is 17.7. The highest BCUT2D eigenvalue weighted by atomic mass is 79.9. The monoisotopic (exact) mass is 428 g/mol. The van der Waals surface area contributed by atoms with E-state index in [0.717, 1.165) is 13.7 Å². The number of amides is 1. The third-order valence-corrected chi connectivity index (χ3v) is 6.31. The van der Waals surface area contributed by atoms with Gasteiger partial charge in [0.15, 0.2) is 0 Å². The summed E-state index contributed by atoms with van der Waals surface area (Å²) in [5.41, 5.74) is 0.640. The maximum atomic E-state index is 12.5. The topological polar surface area (TPSA) is 66.5 Å². The first kappa shape index (κ1) is 19.0. The first-order chi connectivity index (χ1) is 11.3. The van der Waals surface area contributed by atoms with Crippen molar-refractivity contribution in [3.63, 3.8) is 0 Å². The summed E-state index contributed by atoms with van der Waals surface area (Å²) < 4.78 is 26.7. The van der Waals surface area contributed by atoms with Gasteiger partial charge in [0.2, 0.25) is 15.9 Å². The van der Waals surface area contributed by atoms with Gasteiger partial charge in [0.05, 0.1) is 11.4 Å². The van der Waals surface area contributed by atoms with E-state index in [1.165, 1.54) is 19.2 Å². The number of nitrogens with one attached hydrogen (secondary N) is 1. The smallest absolute Gasteiger partial charge is 0.243 e. The van der Waals surface area contributed by atoms with Crippen LogP contribution < -0.4 is 5.32 Å². The number of carbonyl (C=O) groups excluding carboxylic acids is 1. The number of likely N-dealkylation sites (N-methyl/N-ethyl adjacent to an activating group) is 1. The maximum absolute atomic E-state index is 12.5. The van der Waals surface area contributed by atoms with E-state index in [0.29, 0.717) is 5.69 Å². The molecular formula is C16H17BrN2O3S2. The Bertz CT molecular complexity index is 823. The third-order valence-electron chi connectivity index (χ3n) is 3.24. The van der Waals surface area contributed by atoms with Gasteiger partial charge in [0, 0.05) is 22.1 Å².